The Kier molecular flexibility index (Phi) is 5.61. The van der Waals surface area contributed by atoms with Gasteiger partial charge in [0.1, 0.15) is 11.5 Å². The Balaban J connectivity index is 1.67. The van der Waals surface area contributed by atoms with Crippen LogP contribution in [0.15, 0.2) is 65.7 Å². The molecule has 2 amide bonds. The van der Waals surface area contributed by atoms with Crippen LogP contribution in [0.1, 0.15) is 17.3 Å². The molecule has 1 atom stereocenters. The second kappa shape index (κ2) is 8.27. The Morgan fingerprint density at radius 1 is 1.22 bits per heavy atom. The first-order valence-electron chi connectivity index (χ1n) is 8.35. The maximum absolute atomic E-state index is 13.4. The van der Waals surface area contributed by atoms with Crippen molar-refractivity contribution >= 4 is 22.8 Å². The summed E-state index contributed by atoms with van der Waals surface area (Å²) in [6.07, 6.45) is 1.11. The van der Waals surface area contributed by atoms with Crippen LogP contribution in [0.25, 0.3) is 11.0 Å². The number of hydrogen-bond donors (Lipinski definition) is 2. The lowest BCUT2D eigenvalue weighted by Gasteiger charge is -2.19. The normalized spacial score (nSPS) is 11.7. The summed E-state index contributed by atoms with van der Waals surface area (Å²) in [4.78, 5) is 24.0. The highest BCUT2D eigenvalue weighted by Crippen LogP contribution is 2.20. The Morgan fingerprint density at radius 3 is 2.74 bits per heavy atom. The average molecular weight is 367 g/mol. The zero-order valence-corrected chi connectivity index (χ0v) is 14.4. The number of nitrogens with zero attached hydrogens (tertiary/aromatic N) is 1. The van der Waals surface area contributed by atoms with Gasteiger partial charge < -0.3 is 15.2 Å². The van der Waals surface area contributed by atoms with Gasteiger partial charge in [0.05, 0.1) is 12.5 Å². The lowest BCUT2D eigenvalue weighted by atomic mass is 10.1. The molecule has 2 N–H and O–H groups in total. The second-order valence-corrected chi connectivity index (χ2v) is 5.93. The van der Waals surface area contributed by atoms with Gasteiger partial charge in [-0.25, -0.2) is 4.39 Å². The number of aromatic nitrogens is 1. The van der Waals surface area contributed by atoms with E-state index in [-0.39, 0.29) is 24.8 Å². The van der Waals surface area contributed by atoms with E-state index < -0.39 is 11.9 Å². The highest BCUT2D eigenvalue weighted by molar-refractivity contribution is 5.88. The molecule has 1 unspecified atom stereocenters. The highest BCUT2D eigenvalue weighted by Gasteiger charge is 2.17. The minimum Gasteiger partial charge on any atom is -0.356 e. The van der Waals surface area contributed by atoms with E-state index in [0.717, 1.165) is 5.56 Å². The van der Waals surface area contributed by atoms with Crippen molar-refractivity contribution in [2.75, 3.05) is 6.54 Å². The van der Waals surface area contributed by atoms with Gasteiger partial charge >= 0.3 is 0 Å². The zero-order valence-electron chi connectivity index (χ0n) is 14.4. The fourth-order valence-corrected chi connectivity index (χ4v) is 2.69. The third-order valence-corrected chi connectivity index (χ3v) is 4.04. The smallest absolute Gasteiger partial charge is 0.243 e. The Labute approximate surface area is 155 Å². The summed E-state index contributed by atoms with van der Waals surface area (Å²) in [5.74, 6) is -1.08. The molecule has 7 heteroatoms. The summed E-state index contributed by atoms with van der Waals surface area (Å²) in [6.45, 7) is 3.63. The van der Waals surface area contributed by atoms with Gasteiger partial charge in [0.15, 0.2) is 5.58 Å². The summed E-state index contributed by atoms with van der Waals surface area (Å²) in [6, 6.07) is 12.9. The highest BCUT2D eigenvalue weighted by atomic mass is 19.1. The van der Waals surface area contributed by atoms with Crippen LogP contribution in [0.5, 0.6) is 0 Å². The lowest BCUT2D eigenvalue weighted by molar-refractivity contribution is -0.121. The van der Waals surface area contributed by atoms with Crippen LogP contribution in [0.2, 0.25) is 0 Å². The van der Waals surface area contributed by atoms with Gasteiger partial charge in [0.25, 0.3) is 0 Å². The Bertz CT molecular complexity index is 969. The summed E-state index contributed by atoms with van der Waals surface area (Å²) in [5, 5.41) is 9.84. The number of carbonyl (C=O) groups is 2. The van der Waals surface area contributed by atoms with Gasteiger partial charge in [-0.05, 0) is 29.8 Å². The monoisotopic (exact) mass is 367 g/mol. The van der Waals surface area contributed by atoms with Crippen molar-refractivity contribution in [2.24, 2.45) is 0 Å². The molecule has 1 heterocycles. The fraction of sp³-hybridized carbons (Fsp3) is 0.150. The quantitative estimate of drug-likeness (QED) is 0.629. The van der Waals surface area contributed by atoms with Gasteiger partial charge in [-0.1, -0.05) is 42.1 Å². The van der Waals surface area contributed by atoms with Crippen LogP contribution in [-0.4, -0.2) is 23.5 Å². The number of rotatable bonds is 7. The van der Waals surface area contributed by atoms with Crippen molar-refractivity contribution < 1.29 is 18.5 Å². The molecule has 0 radical (unpaired) electrons. The van der Waals surface area contributed by atoms with Gasteiger partial charge in [0, 0.05) is 11.9 Å². The number of nitrogens with one attached hydrogen (secondary N) is 2. The predicted molar refractivity (Wildman–Crippen MR) is 98.2 cm³/mol. The van der Waals surface area contributed by atoms with Gasteiger partial charge in [-0.2, -0.15) is 0 Å². The van der Waals surface area contributed by atoms with Crippen molar-refractivity contribution in [3.8, 4) is 0 Å². The predicted octanol–water partition coefficient (Wildman–Crippen LogP) is 2.67. The largest absolute Gasteiger partial charge is 0.356 e. The van der Waals surface area contributed by atoms with E-state index in [1.54, 1.807) is 0 Å². The van der Waals surface area contributed by atoms with E-state index >= 15 is 0 Å². The first kappa shape index (κ1) is 18.3. The van der Waals surface area contributed by atoms with Crippen LogP contribution in [-0.2, 0) is 16.0 Å². The van der Waals surface area contributed by atoms with Crippen molar-refractivity contribution in [1.29, 1.82) is 0 Å². The van der Waals surface area contributed by atoms with E-state index in [4.69, 9.17) is 4.52 Å². The Hall–Kier alpha value is -3.48. The van der Waals surface area contributed by atoms with Crippen LogP contribution >= 0.6 is 0 Å². The SMILES string of the molecule is C=CC(=O)NC(CNC(=O)Cc1noc2ccc(F)cc12)c1ccccc1. The first-order chi connectivity index (χ1) is 13.1. The van der Waals surface area contributed by atoms with Gasteiger partial charge in [-0.3, -0.25) is 9.59 Å². The molecule has 138 valence electrons. The van der Waals surface area contributed by atoms with Crippen molar-refractivity contribution in [2.45, 2.75) is 12.5 Å². The van der Waals surface area contributed by atoms with Crippen molar-refractivity contribution in [3.63, 3.8) is 0 Å². The molecule has 2 aromatic carbocycles. The minimum atomic E-state index is -0.427. The minimum absolute atomic E-state index is 0.0621. The van der Waals surface area contributed by atoms with E-state index in [1.807, 2.05) is 30.3 Å². The van der Waals surface area contributed by atoms with Crippen LogP contribution < -0.4 is 10.6 Å². The number of halogens is 1. The van der Waals surface area contributed by atoms with E-state index in [9.17, 15) is 14.0 Å². The van der Waals surface area contributed by atoms with Gasteiger partial charge in [0.2, 0.25) is 11.8 Å². The van der Waals surface area contributed by atoms with E-state index in [1.165, 1.54) is 24.3 Å². The molecule has 0 aliphatic carbocycles. The zero-order chi connectivity index (χ0) is 19.2. The van der Waals surface area contributed by atoms with Crippen LogP contribution in [0, 0.1) is 5.82 Å². The number of benzene rings is 2. The van der Waals surface area contributed by atoms with E-state index in [2.05, 4.69) is 22.4 Å². The summed E-state index contributed by atoms with van der Waals surface area (Å²) in [5.41, 5.74) is 1.62. The molecule has 1 aromatic heterocycles. The number of fused-ring (bicyclic) bond motifs is 1. The Morgan fingerprint density at radius 2 is 2.00 bits per heavy atom. The molecule has 0 aliphatic rings. The molecule has 0 fully saturated rings. The van der Waals surface area contributed by atoms with Crippen LogP contribution in [0.4, 0.5) is 4.39 Å². The third kappa shape index (κ3) is 4.58. The standard InChI is InChI=1S/C20H18FN3O3/c1-2-19(25)23-17(13-6-4-3-5-7-13)12-22-20(26)11-16-15-10-14(21)8-9-18(15)27-24-16/h2-10,17H,1,11-12H2,(H,22,26)(H,23,25). The van der Waals surface area contributed by atoms with Crippen LogP contribution in [0.3, 0.4) is 0 Å². The number of hydrogen-bond acceptors (Lipinski definition) is 4. The molecule has 6 nitrogen and oxygen atoms in total. The molecule has 27 heavy (non-hydrogen) atoms. The summed E-state index contributed by atoms with van der Waals surface area (Å²) < 4.78 is 18.5. The second-order valence-electron chi connectivity index (χ2n) is 5.93. The topological polar surface area (TPSA) is 84.2 Å². The molecular formula is C20H18FN3O3. The van der Waals surface area contributed by atoms with Crippen molar-refractivity contribution in [1.82, 2.24) is 15.8 Å². The lowest BCUT2D eigenvalue weighted by Crippen LogP contribution is -2.37. The van der Waals surface area contributed by atoms with Gasteiger partial charge in [-0.15, -0.1) is 0 Å². The molecule has 0 spiro atoms. The van der Waals surface area contributed by atoms with Crippen molar-refractivity contribution in [3.05, 3.63) is 78.3 Å². The maximum atomic E-state index is 13.4. The number of carbonyl (C=O) groups excluding carboxylic acids is 2. The summed E-state index contributed by atoms with van der Waals surface area (Å²) >= 11 is 0. The molecule has 0 saturated heterocycles. The summed E-state index contributed by atoms with van der Waals surface area (Å²) in [7, 11) is 0. The average Bonchev–Trinajstić information content (AvgIpc) is 3.07. The molecule has 0 saturated carbocycles. The van der Waals surface area contributed by atoms with E-state index in [0.29, 0.717) is 16.7 Å². The molecule has 3 aromatic rings. The molecule has 0 bridgehead atoms. The first-order valence-corrected chi connectivity index (χ1v) is 8.35. The fourth-order valence-electron chi connectivity index (χ4n) is 2.69. The third-order valence-electron chi connectivity index (χ3n) is 4.04. The molecule has 0 aliphatic heterocycles. The number of amides is 2. The molecule has 3 rings (SSSR count). The molecular weight excluding hydrogens is 349 g/mol. The maximum Gasteiger partial charge on any atom is 0.243 e.